The third kappa shape index (κ3) is 17.2. The van der Waals surface area contributed by atoms with Crippen LogP contribution in [0.25, 0.3) is 0 Å². The Kier molecular flexibility index (Phi) is 11.6. The summed E-state index contributed by atoms with van der Waals surface area (Å²) < 4.78 is 8.69. The summed E-state index contributed by atoms with van der Waals surface area (Å²) in [6.45, 7) is 7.41. The SMILES string of the molecule is CC(CC(C)OC(=O)O)OC(=O)O.CCCC. The Labute approximate surface area is 102 Å². The van der Waals surface area contributed by atoms with Gasteiger partial charge in [-0.25, -0.2) is 9.59 Å². The van der Waals surface area contributed by atoms with Crippen molar-refractivity contribution in [2.75, 3.05) is 0 Å². The van der Waals surface area contributed by atoms with Crippen molar-refractivity contribution in [1.82, 2.24) is 0 Å². The molecule has 2 atom stereocenters. The zero-order valence-electron chi connectivity index (χ0n) is 10.8. The fourth-order valence-electron chi connectivity index (χ4n) is 0.908. The van der Waals surface area contributed by atoms with Gasteiger partial charge in [-0.1, -0.05) is 26.7 Å². The van der Waals surface area contributed by atoms with Crippen LogP contribution in [0.15, 0.2) is 0 Å². The lowest BCUT2D eigenvalue weighted by Gasteiger charge is -2.15. The van der Waals surface area contributed by atoms with Gasteiger partial charge in [0.05, 0.1) is 0 Å². The highest BCUT2D eigenvalue weighted by Gasteiger charge is 2.15. The zero-order valence-corrected chi connectivity index (χ0v) is 10.8. The van der Waals surface area contributed by atoms with Crippen molar-refractivity contribution in [2.45, 2.75) is 59.2 Å². The summed E-state index contributed by atoms with van der Waals surface area (Å²) in [6, 6.07) is 0. The molecule has 0 fully saturated rings. The molecule has 6 heteroatoms. The predicted octanol–water partition coefficient (Wildman–Crippen LogP) is 3.35. The molecular weight excluding hydrogens is 228 g/mol. The van der Waals surface area contributed by atoms with Gasteiger partial charge in [0.25, 0.3) is 0 Å². The lowest BCUT2D eigenvalue weighted by molar-refractivity contribution is 0.0158. The Bertz CT molecular complexity index is 194. The molecule has 0 aromatic rings. The second kappa shape index (κ2) is 11.0. The number of hydrogen-bond donors (Lipinski definition) is 2. The van der Waals surface area contributed by atoms with Crippen LogP contribution in [-0.2, 0) is 9.47 Å². The van der Waals surface area contributed by atoms with E-state index < -0.39 is 24.5 Å². The molecule has 0 aliphatic heterocycles. The fourth-order valence-corrected chi connectivity index (χ4v) is 0.908. The molecule has 0 bridgehead atoms. The predicted molar refractivity (Wildman–Crippen MR) is 62.3 cm³/mol. The van der Waals surface area contributed by atoms with Crippen LogP contribution >= 0.6 is 0 Å². The number of rotatable bonds is 5. The largest absolute Gasteiger partial charge is 0.506 e. The van der Waals surface area contributed by atoms with Gasteiger partial charge in [0.1, 0.15) is 12.2 Å². The lowest BCUT2D eigenvalue weighted by Crippen LogP contribution is -2.22. The molecule has 0 aliphatic rings. The second-order valence-corrected chi connectivity index (χ2v) is 3.62. The van der Waals surface area contributed by atoms with Crippen molar-refractivity contribution >= 4 is 12.3 Å². The standard InChI is InChI=1S/C7H12O6.C4H10/c1-4(12-6(8)9)3-5(2)13-7(10)11;1-3-4-2/h4-5H,3H2,1-2H3,(H,8,9)(H,10,11);3-4H2,1-2H3. The van der Waals surface area contributed by atoms with E-state index in [-0.39, 0.29) is 6.42 Å². The Hall–Kier alpha value is -1.46. The first-order valence-corrected chi connectivity index (χ1v) is 5.62. The average Bonchev–Trinajstić information content (AvgIpc) is 2.15. The molecule has 2 N–H and O–H groups in total. The van der Waals surface area contributed by atoms with Gasteiger partial charge < -0.3 is 19.7 Å². The van der Waals surface area contributed by atoms with Gasteiger partial charge in [0.2, 0.25) is 0 Å². The number of unbranched alkanes of at least 4 members (excludes halogenated alkanes) is 1. The van der Waals surface area contributed by atoms with Gasteiger partial charge in [-0.15, -0.1) is 0 Å². The fraction of sp³-hybridized carbons (Fsp3) is 0.818. The smallest absolute Gasteiger partial charge is 0.450 e. The van der Waals surface area contributed by atoms with Gasteiger partial charge in [-0.2, -0.15) is 0 Å². The highest BCUT2D eigenvalue weighted by atomic mass is 16.7. The van der Waals surface area contributed by atoms with Gasteiger partial charge >= 0.3 is 12.3 Å². The van der Waals surface area contributed by atoms with E-state index in [1.807, 2.05) is 0 Å². The van der Waals surface area contributed by atoms with E-state index in [9.17, 15) is 9.59 Å². The molecule has 17 heavy (non-hydrogen) atoms. The number of carbonyl (C=O) groups is 2. The van der Waals surface area contributed by atoms with E-state index in [1.165, 1.54) is 26.7 Å². The van der Waals surface area contributed by atoms with Crippen LogP contribution in [0.4, 0.5) is 9.59 Å². The quantitative estimate of drug-likeness (QED) is 0.727. The Morgan fingerprint density at radius 1 is 0.941 bits per heavy atom. The Morgan fingerprint density at radius 3 is 1.41 bits per heavy atom. The van der Waals surface area contributed by atoms with Gasteiger partial charge in [0, 0.05) is 6.42 Å². The molecule has 2 unspecified atom stereocenters. The molecule has 102 valence electrons. The summed E-state index contributed by atoms with van der Waals surface area (Å²) in [7, 11) is 0. The van der Waals surface area contributed by atoms with Gasteiger partial charge in [-0.3, -0.25) is 0 Å². The van der Waals surface area contributed by atoms with Crippen molar-refractivity contribution in [1.29, 1.82) is 0 Å². The molecule has 0 spiro atoms. The van der Waals surface area contributed by atoms with Crippen molar-refractivity contribution in [3.8, 4) is 0 Å². The molecule has 0 aliphatic carbocycles. The number of ether oxygens (including phenoxy) is 2. The number of carboxylic acid groups (broad SMARTS) is 2. The highest BCUT2D eigenvalue weighted by molar-refractivity contribution is 5.57. The Balaban J connectivity index is 0. The number of hydrogen-bond acceptors (Lipinski definition) is 4. The summed E-state index contributed by atoms with van der Waals surface area (Å²) in [5.41, 5.74) is 0. The third-order valence-electron chi connectivity index (χ3n) is 1.77. The molecule has 0 radical (unpaired) electrons. The van der Waals surface area contributed by atoms with Crippen LogP contribution in [0, 0.1) is 0 Å². The molecule has 6 nitrogen and oxygen atoms in total. The van der Waals surface area contributed by atoms with Crippen LogP contribution in [0.5, 0.6) is 0 Å². The maximum absolute atomic E-state index is 10.0. The van der Waals surface area contributed by atoms with E-state index in [1.54, 1.807) is 0 Å². The molecule has 0 saturated heterocycles. The molecule has 0 rings (SSSR count). The summed E-state index contributed by atoms with van der Waals surface area (Å²) in [4.78, 5) is 20.1. The van der Waals surface area contributed by atoms with Crippen LogP contribution in [0.1, 0.15) is 47.0 Å². The monoisotopic (exact) mass is 250 g/mol. The minimum atomic E-state index is -1.38. The topological polar surface area (TPSA) is 93.1 Å². The molecule has 0 aromatic heterocycles. The third-order valence-corrected chi connectivity index (χ3v) is 1.77. The van der Waals surface area contributed by atoms with E-state index >= 15 is 0 Å². The van der Waals surface area contributed by atoms with Crippen molar-refractivity contribution in [3.63, 3.8) is 0 Å². The summed E-state index contributed by atoms with van der Waals surface area (Å²) >= 11 is 0. The normalized spacial score (nSPS) is 12.7. The van der Waals surface area contributed by atoms with Crippen LogP contribution in [0.2, 0.25) is 0 Å². The van der Waals surface area contributed by atoms with E-state index in [0.29, 0.717) is 0 Å². The van der Waals surface area contributed by atoms with Crippen molar-refractivity contribution in [3.05, 3.63) is 0 Å². The Morgan fingerprint density at radius 2 is 1.24 bits per heavy atom. The van der Waals surface area contributed by atoms with Crippen LogP contribution in [-0.4, -0.2) is 34.7 Å². The van der Waals surface area contributed by atoms with Crippen LogP contribution in [0.3, 0.4) is 0 Å². The minimum absolute atomic E-state index is 0.207. The lowest BCUT2D eigenvalue weighted by atomic mass is 10.2. The first kappa shape index (κ1) is 17.9. The summed E-state index contributed by atoms with van der Waals surface area (Å²) in [5.74, 6) is 0. The molecule has 0 heterocycles. The molecule has 0 saturated carbocycles. The van der Waals surface area contributed by atoms with Gasteiger partial charge in [0.15, 0.2) is 0 Å². The first-order chi connectivity index (χ1) is 7.83. The maximum Gasteiger partial charge on any atom is 0.506 e. The minimum Gasteiger partial charge on any atom is -0.450 e. The zero-order chi connectivity index (χ0) is 13.8. The van der Waals surface area contributed by atoms with E-state index in [2.05, 4.69) is 23.3 Å². The summed E-state index contributed by atoms with van der Waals surface area (Å²) in [5, 5.41) is 16.4. The second-order valence-electron chi connectivity index (χ2n) is 3.62. The molecular formula is C11H22O6. The van der Waals surface area contributed by atoms with E-state index in [4.69, 9.17) is 10.2 Å². The maximum atomic E-state index is 10.0. The van der Waals surface area contributed by atoms with Crippen LogP contribution < -0.4 is 0 Å². The highest BCUT2D eigenvalue weighted by Crippen LogP contribution is 2.05. The molecule has 0 amide bonds. The van der Waals surface area contributed by atoms with E-state index in [0.717, 1.165) is 0 Å². The molecule has 0 aromatic carbocycles. The van der Waals surface area contributed by atoms with Crippen molar-refractivity contribution < 1.29 is 29.3 Å². The van der Waals surface area contributed by atoms with Gasteiger partial charge in [-0.05, 0) is 13.8 Å². The average molecular weight is 250 g/mol. The first-order valence-electron chi connectivity index (χ1n) is 5.62. The van der Waals surface area contributed by atoms with Crippen molar-refractivity contribution in [2.24, 2.45) is 0 Å². The summed E-state index contributed by atoms with van der Waals surface area (Å²) in [6.07, 6.45) is -1.07.